The van der Waals surface area contributed by atoms with E-state index in [0.717, 1.165) is 25.7 Å². The molecule has 1 aliphatic rings. The largest absolute Gasteiger partial charge is 0.379 e. The molecular weight excluding hydrogens is 242 g/mol. The van der Waals surface area contributed by atoms with Crippen molar-refractivity contribution in [1.82, 2.24) is 4.90 Å². The molecular formula is C12H18ClNOS. The summed E-state index contributed by atoms with van der Waals surface area (Å²) in [6, 6.07) is 5.12. The van der Waals surface area contributed by atoms with Gasteiger partial charge in [0, 0.05) is 29.9 Å². The molecule has 90 valence electrons. The Kier molecular flexibility index (Phi) is 5.10. The number of halogens is 1. The highest BCUT2D eigenvalue weighted by atomic mass is 35.5. The van der Waals surface area contributed by atoms with Crippen molar-refractivity contribution in [3.63, 3.8) is 0 Å². The first-order valence-electron chi connectivity index (χ1n) is 5.80. The molecule has 2 rings (SSSR count). The SMILES string of the molecule is ClCCOCCN(Cc1cccs1)C1CC1. The summed E-state index contributed by atoms with van der Waals surface area (Å²) in [6.07, 6.45) is 2.70. The maximum atomic E-state index is 5.57. The Hall–Kier alpha value is -0.0900. The number of thiophene rings is 1. The summed E-state index contributed by atoms with van der Waals surface area (Å²) in [5, 5.41) is 2.14. The van der Waals surface area contributed by atoms with Gasteiger partial charge >= 0.3 is 0 Å². The molecule has 0 bridgehead atoms. The van der Waals surface area contributed by atoms with Gasteiger partial charge in [0.15, 0.2) is 0 Å². The van der Waals surface area contributed by atoms with Crippen LogP contribution in [0.5, 0.6) is 0 Å². The van der Waals surface area contributed by atoms with Crippen molar-refractivity contribution >= 4 is 22.9 Å². The zero-order valence-corrected chi connectivity index (χ0v) is 11.0. The number of rotatable bonds is 8. The lowest BCUT2D eigenvalue weighted by Crippen LogP contribution is -2.29. The van der Waals surface area contributed by atoms with Crippen LogP contribution in [0, 0.1) is 0 Å². The van der Waals surface area contributed by atoms with Gasteiger partial charge in [0.2, 0.25) is 0 Å². The highest BCUT2D eigenvalue weighted by molar-refractivity contribution is 7.09. The summed E-state index contributed by atoms with van der Waals surface area (Å²) < 4.78 is 5.44. The highest BCUT2D eigenvalue weighted by Crippen LogP contribution is 2.28. The fourth-order valence-corrected chi connectivity index (χ4v) is 2.61. The Morgan fingerprint density at radius 2 is 2.31 bits per heavy atom. The first kappa shape index (κ1) is 12.4. The average Bonchev–Trinajstić information content (AvgIpc) is 3.02. The Balaban J connectivity index is 1.72. The predicted octanol–water partition coefficient (Wildman–Crippen LogP) is 2.97. The second-order valence-electron chi connectivity index (χ2n) is 4.08. The minimum absolute atomic E-state index is 0.592. The van der Waals surface area contributed by atoms with E-state index in [4.69, 9.17) is 16.3 Å². The summed E-state index contributed by atoms with van der Waals surface area (Å²) in [7, 11) is 0. The van der Waals surface area contributed by atoms with Crippen LogP contribution in [0.1, 0.15) is 17.7 Å². The van der Waals surface area contributed by atoms with Crippen molar-refractivity contribution in [1.29, 1.82) is 0 Å². The van der Waals surface area contributed by atoms with Gasteiger partial charge in [-0.05, 0) is 24.3 Å². The maximum absolute atomic E-state index is 5.57. The molecule has 0 aromatic carbocycles. The minimum Gasteiger partial charge on any atom is -0.379 e. The Morgan fingerprint density at radius 3 is 2.94 bits per heavy atom. The molecule has 1 heterocycles. The van der Waals surface area contributed by atoms with Crippen LogP contribution in [-0.2, 0) is 11.3 Å². The van der Waals surface area contributed by atoms with Crippen molar-refractivity contribution in [3.05, 3.63) is 22.4 Å². The molecule has 1 aliphatic carbocycles. The molecule has 1 aromatic heterocycles. The van der Waals surface area contributed by atoms with Crippen LogP contribution in [0.3, 0.4) is 0 Å². The van der Waals surface area contributed by atoms with Gasteiger partial charge in [-0.3, -0.25) is 4.90 Å². The van der Waals surface area contributed by atoms with Crippen molar-refractivity contribution in [2.24, 2.45) is 0 Å². The third kappa shape index (κ3) is 4.06. The molecule has 0 amide bonds. The third-order valence-corrected chi connectivity index (χ3v) is 3.76. The van der Waals surface area contributed by atoms with E-state index < -0.39 is 0 Å². The molecule has 0 aliphatic heterocycles. The second kappa shape index (κ2) is 6.60. The average molecular weight is 260 g/mol. The standard InChI is InChI=1S/C12H18ClNOS/c13-5-7-15-8-6-14(11-3-4-11)10-12-2-1-9-16-12/h1-2,9,11H,3-8,10H2. The van der Waals surface area contributed by atoms with E-state index >= 15 is 0 Å². The number of nitrogens with zero attached hydrogens (tertiary/aromatic N) is 1. The Labute approximate surface area is 106 Å². The van der Waals surface area contributed by atoms with Crippen molar-refractivity contribution in [3.8, 4) is 0 Å². The zero-order valence-electron chi connectivity index (χ0n) is 9.40. The molecule has 2 nitrogen and oxygen atoms in total. The number of hydrogen-bond acceptors (Lipinski definition) is 3. The summed E-state index contributed by atoms with van der Waals surface area (Å²) in [5.74, 6) is 0.592. The predicted molar refractivity (Wildman–Crippen MR) is 69.3 cm³/mol. The van der Waals surface area contributed by atoms with Gasteiger partial charge in [-0.2, -0.15) is 0 Å². The molecule has 0 atom stereocenters. The minimum atomic E-state index is 0.592. The molecule has 1 saturated carbocycles. The second-order valence-corrected chi connectivity index (χ2v) is 5.49. The zero-order chi connectivity index (χ0) is 11.2. The first-order valence-corrected chi connectivity index (χ1v) is 7.21. The van der Waals surface area contributed by atoms with Crippen molar-refractivity contribution < 1.29 is 4.74 Å². The third-order valence-electron chi connectivity index (χ3n) is 2.75. The topological polar surface area (TPSA) is 12.5 Å². The number of alkyl halides is 1. The summed E-state index contributed by atoms with van der Waals surface area (Å²) >= 11 is 7.41. The van der Waals surface area contributed by atoms with Crippen LogP contribution in [0.2, 0.25) is 0 Å². The van der Waals surface area contributed by atoms with Gasteiger partial charge in [0.05, 0.1) is 13.2 Å². The smallest absolute Gasteiger partial charge is 0.0602 e. The number of hydrogen-bond donors (Lipinski definition) is 0. The number of ether oxygens (including phenoxy) is 1. The van der Waals surface area contributed by atoms with Crippen LogP contribution < -0.4 is 0 Å². The quantitative estimate of drug-likeness (QED) is 0.526. The van der Waals surface area contributed by atoms with Crippen molar-refractivity contribution in [2.45, 2.75) is 25.4 Å². The van der Waals surface area contributed by atoms with Gasteiger partial charge in [-0.25, -0.2) is 0 Å². The van der Waals surface area contributed by atoms with Gasteiger partial charge in [-0.1, -0.05) is 6.07 Å². The molecule has 16 heavy (non-hydrogen) atoms. The van der Waals surface area contributed by atoms with E-state index in [2.05, 4.69) is 22.4 Å². The van der Waals surface area contributed by atoms with E-state index in [-0.39, 0.29) is 0 Å². The van der Waals surface area contributed by atoms with E-state index in [9.17, 15) is 0 Å². The highest BCUT2D eigenvalue weighted by Gasteiger charge is 2.28. The summed E-state index contributed by atoms with van der Waals surface area (Å²) in [5.41, 5.74) is 0. The Bertz CT molecular complexity index is 287. The molecule has 1 aromatic rings. The van der Waals surface area contributed by atoms with E-state index in [1.165, 1.54) is 17.7 Å². The van der Waals surface area contributed by atoms with Crippen molar-refractivity contribution in [2.75, 3.05) is 25.6 Å². The molecule has 0 unspecified atom stereocenters. The van der Waals surface area contributed by atoms with E-state index in [1.807, 2.05) is 11.3 Å². The molecule has 0 N–H and O–H groups in total. The first-order chi connectivity index (χ1) is 7.90. The van der Waals surface area contributed by atoms with Crippen LogP contribution in [0.25, 0.3) is 0 Å². The van der Waals surface area contributed by atoms with Gasteiger partial charge in [-0.15, -0.1) is 22.9 Å². The molecule has 4 heteroatoms. The summed E-state index contributed by atoms with van der Waals surface area (Å²) in [4.78, 5) is 3.98. The van der Waals surface area contributed by atoms with Gasteiger partial charge < -0.3 is 4.74 Å². The molecule has 0 spiro atoms. The van der Waals surface area contributed by atoms with E-state index in [0.29, 0.717) is 12.5 Å². The van der Waals surface area contributed by atoms with Crippen LogP contribution >= 0.6 is 22.9 Å². The summed E-state index contributed by atoms with van der Waals surface area (Å²) in [6.45, 7) is 3.57. The lowest BCUT2D eigenvalue weighted by molar-refractivity contribution is 0.109. The van der Waals surface area contributed by atoms with Crippen LogP contribution in [0.15, 0.2) is 17.5 Å². The van der Waals surface area contributed by atoms with Crippen LogP contribution in [-0.4, -0.2) is 36.6 Å². The lowest BCUT2D eigenvalue weighted by Gasteiger charge is -2.20. The normalized spacial score (nSPS) is 15.9. The molecule has 0 radical (unpaired) electrons. The fourth-order valence-electron chi connectivity index (χ4n) is 1.77. The van der Waals surface area contributed by atoms with Gasteiger partial charge in [0.1, 0.15) is 0 Å². The van der Waals surface area contributed by atoms with E-state index in [1.54, 1.807) is 0 Å². The monoisotopic (exact) mass is 259 g/mol. The molecule has 0 saturated heterocycles. The fraction of sp³-hybridized carbons (Fsp3) is 0.667. The van der Waals surface area contributed by atoms with Crippen LogP contribution in [0.4, 0.5) is 0 Å². The maximum Gasteiger partial charge on any atom is 0.0602 e. The lowest BCUT2D eigenvalue weighted by atomic mass is 10.4. The Morgan fingerprint density at radius 1 is 1.44 bits per heavy atom. The molecule has 1 fully saturated rings. The van der Waals surface area contributed by atoms with Gasteiger partial charge in [0.25, 0.3) is 0 Å².